The molecule has 0 unspecified atom stereocenters. The number of Topliss-reactive ketones (excluding diaryl/α,β-unsaturated/α-hetero) is 1. The average molecular weight is 201 g/mol. The summed E-state index contributed by atoms with van der Waals surface area (Å²) in [4.78, 5) is 22.3. The van der Waals surface area contributed by atoms with Crippen LogP contribution in [0.25, 0.3) is 0 Å². The minimum Gasteiger partial charge on any atom is -0.460 e. The molecule has 0 aromatic carbocycles. The molecule has 0 radical (unpaired) electrons. The molecule has 0 rings (SSSR count). The monoisotopic (exact) mass is 201 g/mol. The van der Waals surface area contributed by atoms with E-state index < -0.39 is 11.6 Å². The van der Waals surface area contributed by atoms with Gasteiger partial charge in [-0.2, -0.15) is 0 Å². The third kappa shape index (κ3) is 7.73. The largest absolute Gasteiger partial charge is 0.460 e. The quantitative estimate of drug-likeness (QED) is 0.530. The van der Waals surface area contributed by atoms with E-state index >= 15 is 0 Å². The van der Waals surface area contributed by atoms with Crippen LogP contribution < -0.4 is 5.32 Å². The number of hydrogen-bond acceptors (Lipinski definition) is 4. The van der Waals surface area contributed by atoms with Crippen LogP contribution in [0.5, 0.6) is 0 Å². The third-order valence-electron chi connectivity index (χ3n) is 1.33. The zero-order valence-electron chi connectivity index (χ0n) is 9.35. The van der Waals surface area contributed by atoms with Crippen LogP contribution in [0.4, 0.5) is 0 Å². The lowest BCUT2D eigenvalue weighted by Gasteiger charge is -2.19. The zero-order chi connectivity index (χ0) is 11.2. The Kier molecular flexibility index (Phi) is 5.38. The number of ether oxygens (including phenoxy) is 1. The summed E-state index contributed by atoms with van der Waals surface area (Å²) in [5.74, 6) is -0.596. The first-order valence-corrected chi connectivity index (χ1v) is 4.79. The summed E-state index contributed by atoms with van der Waals surface area (Å²) in [5.41, 5.74) is -0.518. The van der Waals surface area contributed by atoms with E-state index in [0.29, 0.717) is 0 Å². The number of rotatable bonds is 5. The van der Waals surface area contributed by atoms with Gasteiger partial charge in [-0.15, -0.1) is 0 Å². The molecule has 4 nitrogen and oxygen atoms in total. The van der Waals surface area contributed by atoms with E-state index in [2.05, 4.69) is 5.32 Å². The highest BCUT2D eigenvalue weighted by Gasteiger charge is 2.18. The second-order valence-electron chi connectivity index (χ2n) is 4.08. The second kappa shape index (κ2) is 5.75. The van der Waals surface area contributed by atoms with Gasteiger partial charge < -0.3 is 10.1 Å². The van der Waals surface area contributed by atoms with E-state index in [0.717, 1.165) is 6.54 Å². The lowest BCUT2D eigenvalue weighted by Crippen LogP contribution is -2.29. The molecule has 0 amide bonds. The third-order valence-corrected chi connectivity index (χ3v) is 1.33. The number of carbonyl (C=O) groups is 2. The van der Waals surface area contributed by atoms with Crippen molar-refractivity contribution in [3.63, 3.8) is 0 Å². The minimum absolute atomic E-state index is 0.138. The molecule has 0 aliphatic heterocycles. The van der Waals surface area contributed by atoms with Gasteiger partial charge in [-0.25, -0.2) is 0 Å². The molecule has 0 bridgehead atoms. The first-order valence-electron chi connectivity index (χ1n) is 4.79. The van der Waals surface area contributed by atoms with E-state index in [-0.39, 0.29) is 18.7 Å². The zero-order valence-corrected chi connectivity index (χ0v) is 9.35. The molecule has 0 saturated carbocycles. The van der Waals surface area contributed by atoms with Crippen LogP contribution in [0.2, 0.25) is 0 Å². The summed E-state index contributed by atoms with van der Waals surface area (Å²) in [7, 11) is 0. The standard InChI is InChI=1S/C10H19NO3/c1-5-11-7-8(12)6-9(13)14-10(2,3)4/h11H,5-7H2,1-4H3. The SMILES string of the molecule is CCNCC(=O)CC(=O)OC(C)(C)C. The van der Waals surface area contributed by atoms with Crippen LogP contribution in [0.15, 0.2) is 0 Å². The fourth-order valence-electron chi connectivity index (χ4n) is 0.865. The van der Waals surface area contributed by atoms with E-state index in [9.17, 15) is 9.59 Å². The number of likely N-dealkylation sites (N-methyl/N-ethyl adjacent to an activating group) is 1. The number of carbonyl (C=O) groups excluding carboxylic acids is 2. The van der Waals surface area contributed by atoms with Crippen molar-refractivity contribution in [2.24, 2.45) is 0 Å². The van der Waals surface area contributed by atoms with Crippen molar-refractivity contribution in [1.29, 1.82) is 0 Å². The molecule has 0 spiro atoms. The lowest BCUT2D eigenvalue weighted by atomic mass is 10.2. The second-order valence-corrected chi connectivity index (χ2v) is 4.08. The maximum atomic E-state index is 11.2. The molecular weight excluding hydrogens is 182 g/mol. The number of esters is 1. The van der Waals surface area contributed by atoms with Crippen molar-refractivity contribution < 1.29 is 14.3 Å². The van der Waals surface area contributed by atoms with Gasteiger partial charge >= 0.3 is 5.97 Å². The van der Waals surface area contributed by atoms with Crippen LogP contribution in [-0.2, 0) is 14.3 Å². The topological polar surface area (TPSA) is 55.4 Å². The van der Waals surface area contributed by atoms with E-state index in [1.165, 1.54) is 0 Å². The summed E-state index contributed by atoms with van der Waals surface area (Å²) < 4.78 is 5.00. The molecule has 1 N–H and O–H groups in total. The Balaban J connectivity index is 3.78. The fourth-order valence-corrected chi connectivity index (χ4v) is 0.865. The van der Waals surface area contributed by atoms with Gasteiger partial charge in [-0.1, -0.05) is 6.92 Å². The van der Waals surface area contributed by atoms with Crippen LogP contribution >= 0.6 is 0 Å². The van der Waals surface area contributed by atoms with Gasteiger partial charge in [0, 0.05) is 0 Å². The highest BCUT2D eigenvalue weighted by atomic mass is 16.6. The predicted molar refractivity (Wildman–Crippen MR) is 54.0 cm³/mol. The molecule has 0 saturated heterocycles. The average Bonchev–Trinajstić information content (AvgIpc) is 1.96. The number of nitrogens with one attached hydrogen (secondary N) is 1. The molecule has 82 valence electrons. The summed E-state index contributed by atoms with van der Waals surface area (Å²) in [6.07, 6.45) is -0.149. The molecule has 14 heavy (non-hydrogen) atoms. The van der Waals surface area contributed by atoms with Crippen molar-refractivity contribution in [3.05, 3.63) is 0 Å². The predicted octanol–water partition coefficient (Wildman–Crippen LogP) is 0.897. The van der Waals surface area contributed by atoms with E-state index in [1.807, 2.05) is 6.92 Å². The Bertz CT molecular complexity index is 206. The molecular formula is C10H19NO3. The summed E-state index contributed by atoms with van der Waals surface area (Å²) in [6.45, 7) is 8.19. The Hall–Kier alpha value is -0.900. The summed E-state index contributed by atoms with van der Waals surface area (Å²) in [5, 5.41) is 2.86. The lowest BCUT2D eigenvalue weighted by molar-refractivity contribution is -0.156. The molecule has 0 heterocycles. The van der Waals surface area contributed by atoms with Gasteiger partial charge in [0.1, 0.15) is 12.0 Å². The van der Waals surface area contributed by atoms with Crippen LogP contribution in [0.3, 0.4) is 0 Å². The number of ketones is 1. The van der Waals surface area contributed by atoms with E-state index in [1.54, 1.807) is 20.8 Å². The first-order chi connectivity index (χ1) is 6.35. The number of hydrogen-bond donors (Lipinski definition) is 1. The van der Waals surface area contributed by atoms with Gasteiger partial charge in [-0.3, -0.25) is 9.59 Å². The smallest absolute Gasteiger partial charge is 0.313 e. The van der Waals surface area contributed by atoms with E-state index in [4.69, 9.17) is 4.74 Å². The molecule has 0 aliphatic carbocycles. The molecule has 0 aliphatic rings. The summed E-state index contributed by atoms with van der Waals surface area (Å²) >= 11 is 0. The van der Waals surface area contributed by atoms with Crippen molar-refractivity contribution in [3.8, 4) is 0 Å². The Morgan fingerprint density at radius 2 is 1.86 bits per heavy atom. The first kappa shape index (κ1) is 13.1. The molecule has 0 aromatic rings. The van der Waals surface area contributed by atoms with Crippen molar-refractivity contribution in [2.75, 3.05) is 13.1 Å². The van der Waals surface area contributed by atoms with Gasteiger partial charge in [-0.05, 0) is 27.3 Å². The Morgan fingerprint density at radius 3 is 2.29 bits per heavy atom. The van der Waals surface area contributed by atoms with Crippen LogP contribution in [-0.4, -0.2) is 30.4 Å². The van der Waals surface area contributed by atoms with Crippen molar-refractivity contribution in [1.82, 2.24) is 5.32 Å². The maximum absolute atomic E-state index is 11.2. The van der Waals surface area contributed by atoms with Crippen LogP contribution in [0.1, 0.15) is 34.1 Å². The highest BCUT2D eigenvalue weighted by Crippen LogP contribution is 2.08. The molecule has 0 atom stereocenters. The molecule has 4 heteroatoms. The fraction of sp³-hybridized carbons (Fsp3) is 0.800. The maximum Gasteiger partial charge on any atom is 0.313 e. The normalized spacial score (nSPS) is 11.1. The Labute approximate surface area is 85.0 Å². The minimum atomic E-state index is -0.518. The van der Waals surface area contributed by atoms with Crippen LogP contribution in [0, 0.1) is 0 Å². The van der Waals surface area contributed by atoms with Gasteiger partial charge in [0.2, 0.25) is 0 Å². The van der Waals surface area contributed by atoms with Gasteiger partial charge in [0.15, 0.2) is 5.78 Å². The summed E-state index contributed by atoms with van der Waals surface area (Å²) in [6, 6.07) is 0. The molecule has 0 fully saturated rings. The van der Waals surface area contributed by atoms with Crippen molar-refractivity contribution in [2.45, 2.75) is 39.7 Å². The van der Waals surface area contributed by atoms with Gasteiger partial charge in [0.05, 0.1) is 6.54 Å². The van der Waals surface area contributed by atoms with Crippen molar-refractivity contribution >= 4 is 11.8 Å². The Morgan fingerprint density at radius 1 is 1.29 bits per heavy atom. The van der Waals surface area contributed by atoms with Gasteiger partial charge in [0.25, 0.3) is 0 Å². The highest BCUT2D eigenvalue weighted by molar-refractivity contribution is 5.96. The molecule has 0 aromatic heterocycles.